The largest absolute Gasteiger partial charge is 0.425 e. The Morgan fingerprint density at radius 1 is 1.19 bits per heavy atom. The average molecular weight is 399 g/mol. The van der Waals surface area contributed by atoms with Crippen molar-refractivity contribution in [2.24, 2.45) is 5.92 Å². The van der Waals surface area contributed by atoms with Crippen LogP contribution in [0.3, 0.4) is 0 Å². The van der Waals surface area contributed by atoms with Crippen molar-refractivity contribution in [2.45, 2.75) is 64.1 Å². The highest BCUT2D eigenvalue weighted by molar-refractivity contribution is 6.20. The Bertz CT molecular complexity index is 568. The Hall–Kier alpha value is -1.79. The third-order valence-corrected chi connectivity index (χ3v) is 4.40. The molecule has 0 spiro atoms. The van der Waals surface area contributed by atoms with Crippen LogP contribution >= 0.6 is 11.6 Å². The molecule has 1 rings (SSSR count). The maximum Gasteiger partial charge on any atom is 0.409 e. The van der Waals surface area contributed by atoms with Gasteiger partial charge in [-0.15, -0.1) is 0 Å². The number of amides is 2. The van der Waals surface area contributed by atoms with Crippen LogP contribution in [0.25, 0.3) is 0 Å². The molecule has 0 bridgehead atoms. The van der Waals surface area contributed by atoms with Crippen LogP contribution in [0.1, 0.15) is 57.6 Å². The summed E-state index contributed by atoms with van der Waals surface area (Å²) in [5.74, 6) is -0.146. The van der Waals surface area contributed by atoms with Crippen molar-refractivity contribution < 1.29 is 19.4 Å². The van der Waals surface area contributed by atoms with Crippen LogP contribution in [0.15, 0.2) is 30.3 Å². The van der Waals surface area contributed by atoms with Gasteiger partial charge in [0.15, 0.2) is 0 Å². The van der Waals surface area contributed by atoms with Crippen molar-refractivity contribution in [3.05, 3.63) is 35.9 Å². The van der Waals surface area contributed by atoms with Gasteiger partial charge in [-0.1, -0.05) is 75.5 Å². The normalized spacial score (nSPS) is 14.3. The fourth-order valence-corrected chi connectivity index (χ4v) is 2.83. The van der Waals surface area contributed by atoms with Gasteiger partial charge in [-0.3, -0.25) is 4.79 Å². The van der Waals surface area contributed by atoms with Crippen molar-refractivity contribution in [1.82, 2.24) is 10.6 Å². The van der Waals surface area contributed by atoms with Crippen LogP contribution in [0, 0.1) is 5.92 Å². The second-order valence-electron chi connectivity index (χ2n) is 6.99. The number of rotatable bonds is 11. The van der Waals surface area contributed by atoms with E-state index >= 15 is 0 Å². The van der Waals surface area contributed by atoms with Crippen LogP contribution in [0.5, 0.6) is 0 Å². The molecule has 0 aliphatic rings. The van der Waals surface area contributed by atoms with Crippen molar-refractivity contribution in [2.75, 3.05) is 6.61 Å². The summed E-state index contributed by atoms with van der Waals surface area (Å²) >= 11 is 6.12. The van der Waals surface area contributed by atoms with E-state index in [2.05, 4.69) is 10.6 Å². The van der Waals surface area contributed by atoms with E-state index in [1.807, 2.05) is 26.8 Å². The molecule has 7 heteroatoms. The van der Waals surface area contributed by atoms with E-state index in [1.54, 1.807) is 24.3 Å². The minimum Gasteiger partial charge on any atom is -0.425 e. The van der Waals surface area contributed by atoms with Gasteiger partial charge in [0, 0.05) is 5.56 Å². The number of ether oxygens (including phenoxy) is 1. The number of nitrogens with one attached hydrogen (secondary N) is 2. The number of aliphatic hydroxyl groups excluding tert-OH is 1. The minimum absolute atomic E-state index is 0.137. The highest BCUT2D eigenvalue weighted by atomic mass is 35.5. The Balaban J connectivity index is 2.66. The molecule has 0 fully saturated rings. The van der Waals surface area contributed by atoms with E-state index in [9.17, 15) is 14.7 Å². The second kappa shape index (κ2) is 12.6. The minimum atomic E-state index is -0.941. The van der Waals surface area contributed by atoms with Crippen LogP contribution in [0.2, 0.25) is 0 Å². The Morgan fingerprint density at radius 2 is 1.85 bits per heavy atom. The van der Waals surface area contributed by atoms with Gasteiger partial charge in [0.2, 0.25) is 11.5 Å². The summed E-state index contributed by atoms with van der Waals surface area (Å²) in [4.78, 5) is 24.8. The van der Waals surface area contributed by atoms with Gasteiger partial charge >= 0.3 is 6.09 Å². The third kappa shape index (κ3) is 9.11. The zero-order chi connectivity index (χ0) is 20.2. The molecule has 0 radical (unpaired) electrons. The number of aliphatic hydroxyl groups is 1. The molecule has 3 N–H and O–H groups in total. The van der Waals surface area contributed by atoms with E-state index in [4.69, 9.17) is 16.3 Å². The third-order valence-electron chi connectivity index (χ3n) is 4.06. The predicted molar refractivity (Wildman–Crippen MR) is 106 cm³/mol. The summed E-state index contributed by atoms with van der Waals surface area (Å²) in [7, 11) is 0. The zero-order valence-corrected chi connectivity index (χ0v) is 17.0. The summed E-state index contributed by atoms with van der Waals surface area (Å²) in [6, 6.07) is 7.86. The highest BCUT2D eigenvalue weighted by Crippen LogP contribution is 2.21. The Kier molecular flexibility index (Phi) is 10.8. The number of hydrogen-bond acceptors (Lipinski definition) is 4. The number of alkyl halides is 1. The first-order valence-corrected chi connectivity index (χ1v) is 9.88. The van der Waals surface area contributed by atoms with Gasteiger partial charge in [-0.05, 0) is 18.8 Å². The fraction of sp³-hybridized carbons (Fsp3) is 0.600. The predicted octanol–water partition coefficient (Wildman–Crippen LogP) is 3.73. The number of alkyl carbamates (subject to hydrolysis) is 1. The lowest BCUT2D eigenvalue weighted by Gasteiger charge is -2.24. The summed E-state index contributed by atoms with van der Waals surface area (Å²) < 4.78 is 5.18. The van der Waals surface area contributed by atoms with Crippen LogP contribution in [-0.2, 0) is 9.53 Å². The first kappa shape index (κ1) is 23.2. The molecule has 0 aromatic heterocycles. The Morgan fingerprint density at radius 3 is 2.41 bits per heavy atom. The molecule has 1 unspecified atom stereocenters. The molecule has 0 saturated heterocycles. The van der Waals surface area contributed by atoms with Gasteiger partial charge in [0.1, 0.15) is 6.04 Å². The smallest absolute Gasteiger partial charge is 0.409 e. The Labute approximate surface area is 166 Å². The maximum atomic E-state index is 12.6. The molecule has 6 nitrogen and oxygen atoms in total. The van der Waals surface area contributed by atoms with Crippen molar-refractivity contribution in [3.63, 3.8) is 0 Å². The number of hydrogen-bond donors (Lipinski definition) is 3. The topological polar surface area (TPSA) is 87.7 Å². The standard InChI is InChI=1S/C20H31ClN2O4/c1-4-5-11-16(13-24)22-19(25)17(12-14(2)3)23-20(26)27-18(21)15-9-7-6-8-10-15/h6-10,14,16-18,24H,4-5,11-13H2,1-3H3,(H,22,25)(H,23,26)/t16-,17-,18?/m0/s1. The monoisotopic (exact) mass is 398 g/mol. The van der Waals surface area contributed by atoms with E-state index in [0.717, 1.165) is 12.8 Å². The van der Waals surface area contributed by atoms with Gasteiger partial charge in [-0.2, -0.15) is 0 Å². The molecule has 27 heavy (non-hydrogen) atoms. The first-order valence-electron chi connectivity index (χ1n) is 9.44. The quantitative estimate of drug-likeness (QED) is 0.495. The molecular weight excluding hydrogens is 368 g/mol. The molecule has 0 aliphatic carbocycles. The van der Waals surface area contributed by atoms with E-state index in [-0.39, 0.29) is 24.5 Å². The van der Waals surface area contributed by atoms with Crippen molar-refractivity contribution in [3.8, 4) is 0 Å². The molecule has 0 heterocycles. The number of carbonyl (C=O) groups excluding carboxylic acids is 2. The van der Waals surface area contributed by atoms with Gasteiger partial charge in [0.05, 0.1) is 12.6 Å². The molecule has 3 atom stereocenters. The lowest BCUT2D eigenvalue weighted by molar-refractivity contribution is -0.124. The SMILES string of the molecule is CCCC[C@@H](CO)NC(=O)[C@H](CC(C)C)NC(=O)OC(Cl)c1ccccc1. The zero-order valence-electron chi connectivity index (χ0n) is 16.3. The highest BCUT2D eigenvalue weighted by Gasteiger charge is 2.25. The lowest BCUT2D eigenvalue weighted by Crippen LogP contribution is -2.51. The number of unbranched alkanes of at least 4 members (excludes halogenated alkanes) is 1. The van der Waals surface area contributed by atoms with Crippen molar-refractivity contribution >= 4 is 23.6 Å². The second-order valence-corrected chi connectivity index (χ2v) is 7.39. The van der Waals surface area contributed by atoms with Crippen LogP contribution < -0.4 is 10.6 Å². The number of benzene rings is 1. The van der Waals surface area contributed by atoms with Crippen LogP contribution in [-0.4, -0.2) is 35.8 Å². The van der Waals surface area contributed by atoms with E-state index < -0.39 is 17.7 Å². The fourth-order valence-electron chi connectivity index (χ4n) is 2.61. The van der Waals surface area contributed by atoms with E-state index in [1.165, 1.54) is 0 Å². The van der Waals surface area contributed by atoms with Crippen molar-refractivity contribution in [1.29, 1.82) is 0 Å². The molecule has 1 aromatic carbocycles. The molecule has 1 aromatic rings. The summed E-state index contributed by atoms with van der Waals surface area (Å²) in [5.41, 5.74) is -0.289. The number of halogens is 1. The first-order chi connectivity index (χ1) is 12.9. The molecular formula is C20H31ClN2O4. The molecule has 0 aliphatic heterocycles. The van der Waals surface area contributed by atoms with Gasteiger partial charge in [0.25, 0.3) is 0 Å². The molecule has 152 valence electrons. The lowest BCUT2D eigenvalue weighted by atomic mass is 10.0. The number of carbonyl (C=O) groups is 2. The van der Waals surface area contributed by atoms with E-state index in [0.29, 0.717) is 18.4 Å². The summed E-state index contributed by atoms with van der Waals surface area (Å²) in [5, 5.41) is 14.8. The average Bonchev–Trinajstić information content (AvgIpc) is 2.64. The molecule has 2 amide bonds. The summed E-state index contributed by atoms with van der Waals surface area (Å²) in [6.07, 6.45) is 2.26. The van der Waals surface area contributed by atoms with Gasteiger partial charge < -0.3 is 20.5 Å². The van der Waals surface area contributed by atoms with Crippen LogP contribution in [0.4, 0.5) is 4.79 Å². The molecule has 0 saturated carbocycles. The summed E-state index contributed by atoms with van der Waals surface area (Å²) in [6.45, 7) is 5.83. The van der Waals surface area contributed by atoms with Gasteiger partial charge in [-0.25, -0.2) is 4.79 Å². The maximum absolute atomic E-state index is 12.6.